The number of aromatic amines is 1. The van der Waals surface area contributed by atoms with E-state index in [0.29, 0.717) is 76.2 Å². The average molecular weight is 867 g/mol. The molecule has 326 valence electrons. The fourth-order valence-corrected chi connectivity index (χ4v) is 10.7. The number of nitrogens with zero attached hydrogens (tertiary/aromatic N) is 9. The molecular formula is C47H44F2N10O5. The van der Waals surface area contributed by atoms with Crippen LogP contribution in [0, 0.1) is 31.4 Å². The molecule has 1 amide bonds. The Bertz CT molecular complexity index is 3370. The molecule has 7 heterocycles. The molecule has 3 atom stereocenters. The van der Waals surface area contributed by atoms with Crippen LogP contribution in [0.3, 0.4) is 0 Å². The lowest BCUT2D eigenvalue weighted by Crippen LogP contribution is -2.39. The summed E-state index contributed by atoms with van der Waals surface area (Å²) in [5.41, 5.74) is 4.31. The lowest BCUT2D eigenvalue weighted by atomic mass is 9.87. The smallest absolute Gasteiger partial charge is 0.375 e. The van der Waals surface area contributed by atoms with Gasteiger partial charge >= 0.3 is 11.4 Å². The van der Waals surface area contributed by atoms with Crippen LogP contribution < -0.4 is 11.4 Å². The van der Waals surface area contributed by atoms with Gasteiger partial charge in [0.25, 0.3) is 5.91 Å². The maximum Gasteiger partial charge on any atom is 0.438 e. The third kappa shape index (κ3) is 5.64. The molecular weight excluding hydrogens is 823 g/mol. The number of halogens is 2. The van der Waals surface area contributed by atoms with Crippen molar-refractivity contribution in [1.29, 1.82) is 0 Å². The SMILES string of the molecule is Cc1cc(-n2nc3c(c2-n2ccn(-c4ccc5c(cnn5C)c4F)c2=O)CN(C(=O)c2cc4cc([C@@H]5CCOC6(CC6)C5)ccc4n2[C@@]2(c4noc(=O)[nH]4)C[C@H]2C)CC3)cc(C)c1F. The van der Waals surface area contributed by atoms with Crippen molar-refractivity contribution in [1.82, 2.24) is 48.3 Å². The van der Waals surface area contributed by atoms with Crippen molar-refractivity contribution in [3.8, 4) is 17.2 Å². The highest BCUT2D eigenvalue weighted by atomic mass is 19.1. The number of nitrogens with one attached hydrogen (secondary N) is 1. The molecule has 15 nitrogen and oxygen atoms in total. The summed E-state index contributed by atoms with van der Waals surface area (Å²) in [6.07, 6.45) is 9.52. The maximum atomic E-state index is 16.1. The highest BCUT2D eigenvalue weighted by Gasteiger charge is 2.59. The van der Waals surface area contributed by atoms with Crippen molar-refractivity contribution in [2.45, 2.75) is 82.9 Å². The number of aromatic nitrogens is 9. The molecule has 2 saturated carbocycles. The van der Waals surface area contributed by atoms with Crippen LogP contribution in [0.15, 0.2) is 81.2 Å². The normalized spacial score (nSPS) is 21.3. The number of carbonyl (C=O) groups is 1. The first-order valence-electron chi connectivity index (χ1n) is 21.8. The van der Waals surface area contributed by atoms with Gasteiger partial charge in [0.15, 0.2) is 11.6 Å². The maximum absolute atomic E-state index is 16.1. The number of H-pyrrole nitrogens is 1. The van der Waals surface area contributed by atoms with Gasteiger partial charge in [0, 0.05) is 55.5 Å². The van der Waals surface area contributed by atoms with Crippen LogP contribution >= 0.6 is 0 Å². The Hall–Kier alpha value is -6.88. The second kappa shape index (κ2) is 13.6. The van der Waals surface area contributed by atoms with Crippen molar-refractivity contribution in [3.05, 3.63) is 139 Å². The van der Waals surface area contributed by atoms with Gasteiger partial charge in [0.05, 0.1) is 46.3 Å². The summed E-state index contributed by atoms with van der Waals surface area (Å²) in [7, 11) is 1.72. The second-order valence-electron chi connectivity index (χ2n) is 18.3. The van der Waals surface area contributed by atoms with E-state index in [-0.39, 0.29) is 40.9 Å². The Morgan fingerprint density at radius 1 is 0.953 bits per heavy atom. The molecule has 17 heteroatoms. The molecule has 8 aromatic rings. The Labute approximate surface area is 363 Å². The molecule has 1 saturated heterocycles. The van der Waals surface area contributed by atoms with E-state index in [1.54, 1.807) is 65.6 Å². The summed E-state index contributed by atoms with van der Waals surface area (Å²) in [4.78, 5) is 46.9. The molecule has 4 aliphatic rings. The van der Waals surface area contributed by atoms with E-state index in [1.165, 1.54) is 27.1 Å². The number of aryl methyl sites for hydroxylation is 3. The van der Waals surface area contributed by atoms with Crippen molar-refractivity contribution in [2.75, 3.05) is 13.2 Å². The van der Waals surface area contributed by atoms with E-state index in [0.717, 1.165) is 43.2 Å². The lowest BCUT2D eigenvalue weighted by molar-refractivity contribution is -0.0132. The Morgan fingerprint density at radius 3 is 2.45 bits per heavy atom. The minimum absolute atomic E-state index is 0.0104. The fourth-order valence-electron chi connectivity index (χ4n) is 10.7. The minimum Gasteiger partial charge on any atom is -0.375 e. The number of benzene rings is 3. The number of ether oxygens (including phenoxy) is 1. The number of carbonyl (C=O) groups excluding carboxylic acids is 1. The van der Waals surface area contributed by atoms with Crippen LogP contribution in [-0.2, 0) is 30.3 Å². The van der Waals surface area contributed by atoms with Gasteiger partial charge in [0.2, 0.25) is 0 Å². The Kier molecular flexibility index (Phi) is 8.22. The van der Waals surface area contributed by atoms with E-state index in [9.17, 15) is 9.59 Å². The first kappa shape index (κ1) is 38.8. The topological polar surface area (TPSA) is 156 Å². The minimum atomic E-state index is -0.837. The molecule has 0 radical (unpaired) electrons. The van der Waals surface area contributed by atoms with E-state index in [1.807, 2.05) is 10.6 Å². The number of hydrogen-bond donors (Lipinski definition) is 1. The molecule has 2 aliphatic heterocycles. The van der Waals surface area contributed by atoms with Crippen LogP contribution in [0.2, 0.25) is 0 Å². The van der Waals surface area contributed by atoms with Gasteiger partial charge in [-0.3, -0.25) is 28.1 Å². The highest BCUT2D eigenvalue weighted by molar-refractivity contribution is 5.99. The quantitative estimate of drug-likeness (QED) is 0.187. The largest absolute Gasteiger partial charge is 0.438 e. The predicted molar refractivity (Wildman–Crippen MR) is 230 cm³/mol. The van der Waals surface area contributed by atoms with Gasteiger partial charge in [-0.15, -0.1) is 0 Å². The number of amides is 1. The molecule has 3 fully saturated rings. The molecule has 3 aromatic carbocycles. The monoisotopic (exact) mass is 866 g/mol. The first-order chi connectivity index (χ1) is 30.8. The van der Waals surface area contributed by atoms with E-state index in [4.69, 9.17) is 14.4 Å². The molecule has 64 heavy (non-hydrogen) atoms. The second-order valence-corrected chi connectivity index (χ2v) is 18.3. The lowest BCUT2D eigenvalue weighted by Gasteiger charge is -2.30. The molecule has 5 aromatic heterocycles. The number of fused-ring (bicyclic) bond motifs is 3. The predicted octanol–water partition coefficient (Wildman–Crippen LogP) is 6.64. The van der Waals surface area contributed by atoms with Crippen LogP contribution in [0.1, 0.15) is 89.2 Å². The van der Waals surface area contributed by atoms with Gasteiger partial charge < -0.3 is 14.2 Å². The fraction of sp³-hybridized carbons (Fsp3) is 0.362. The molecule has 12 rings (SSSR count). The molecule has 1 N–H and O–H groups in total. The zero-order valence-electron chi connectivity index (χ0n) is 35.7. The zero-order valence-corrected chi connectivity index (χ0v) is 35.7. The van der Waals surface area contributed by atoms with Gasteiger partial charge in [0.1, 0.15) is 22.9 Å². The van der Waals surface area contributed by atoms with Crippen LogP contribution in [0.5, 0.6) is 0 Å². The van der Waals surface area contributed by atoms with Crippen molar-refractivity contribution in [2.24, 2.45) is 13.0 Å². The van der Waals surface area contributed by atoms with Crippen LogP contribution in [0.25, 0.3) is 39.0 Å². The van der Waals surface area contributed by atoms with Gasteiger partial charge in [-0.1, -0.05) is 18.1 Å². The highest BCUT2D eigenvalue weighted by Crippen LogP contribution is 2.56. The van der Waals surface area contributed by atoms with Gasteiger partial charge in [-0.2, -0.15) is 10.2 Å². The summed E-state index contributed by atoms with van der Waals surface area (Å²) < 4.78 is 50.2. The third-order valence-electron chi connectivity index (χ3n) is 14.4. The number of hydrogen-bond acceptors (Lipinski definition) is 8. The molecule has 0 bridgehead atoms. The van der Waals surface area contributed by atoms with Crippen LogP contribution in [0.4, 0.5) is 8.78 Å². The molecule has 2 aliphatic carbocycles. The summed E-state index contributed by atoms with van der Waals surface area (Å²) in [5, 5.41) is 14.5. The van der Waals surface area contributed by atoms with Crippen molar-refractivity contribution >= 4 is 27.7 Å². The van der Waals surface area contributed by atoms with Crippen molar-refractivity contribution in [3.63, 3.8) is 0 Å². The summed E-state index contributed by atoms with van der Waals surface area (Å²) in [6, 6.07) is 15.0. The Balaban J connectivity index is 0.983. The standard InChI is InChI=1S/C47H44F2N10O5/c1-25-17-31(18-26(2)39(25)48)59-41(57-15-14-56(45(57)62)37-8-7-36-32(40(37)49)23-50-54(36)4)33-24-55(13-9-34(33)52-59)42(60)38-20-30-19-28(29-10-16-63-46(22-29)11-12-46)5-6-35(30)58(38)47(21-27(47)3)43-51-44(61)64-53-43/h5-8,14-15,17-20,23,27,29H,9-13,16,21-22,24H2,1-4H3,(H,51,53,61)/t27-,29-,47+/m1/s1. The third-order valence-corrected chi connectivity index (χ3v) is 14.4. The first-order valence-corrected chi connectivity index (χ1v) is 21.8. The summed E-state index contributed by atoms with van der Waals surface area (Å²) in [6.45, 7) is 6.53. The molecule has 0 unspecified atom stereocenters. The van der Waals surface area contributed by atoms with Gasteiger partial charge in [-0.25, -0.2) is 23.1 Å². The van der Waals surface area contributed by atoms with Gasteiger partial charge in [-0.05, 0) is 117 Å². The zero-order chi connectivity index (χ0) is 44.0. The van der Waals surface area contributed by atoms with E-state index < -0.39 is 22.8 Å². The van der Waals surface area contributed by atoms with Crippen LogP contribution in [-0.4, -0.2) is 73.0 Å². The van der Waals surface area contributed by atoms with Crippen molar-refractivity contribution < 1.29 is 22.8 Å². The molecule has 1 spiro atoms. The summed E-state index contributed by atoms with van der Waals surface area (Å²) >= 11 is 0. The number of imidazole rings is 1. The average Bonchev–Trinajstić information content (AvgIpc) is 3.71. The van der Waals surface area contributed by atoms with E-state index in [2.05, 4.69) is 40.4 Å². The number of rotatable bonds is 7. The Morgan fingerprint density at radius 2 is 1.72 bits per heavy atom. The summed E-state index contributed by atoms with van der Waals surface area (Å²) in [5.74, 6) is -0.797. The van der Waals surface area contributed by atoms with E-state index >= 15 is 13.6 Å².